The third-order valence-corrected chi connectivity index (χ3v) is 4.41. The number of amides is 2. The summed E-state index contributed by atoms with van der Waals surface area (Å²) in [5.74, 6) is 0. The van der Waals surface area contributed by atoms with Gasteiger partial charge in [0.1, 0.15) is 5.72 Å². The number of hydrogen-bond acceptors (Lipinski definition) is 3. The van der Waals surface area contributed by atoms with Crippen molar-refractivity contribution in [3.8, 4) is 0 Å². The van der Waals surface area contributed by atoms with E-state index in [1.807, 2.05) is 20.8 Å². The smallest absolute Gasteiger partial charge is 0.409 e. The quantitative estimate of drug-likeness (QED) is 0.637. The van der Waals surface area contributed by atoms with E-state index in [4.69, 9.17) is 10.2 Å². The Balaban J connectivity index is 0.000000235. The molecule has 22 heavy (non-hydrogen) atoms. The van der Waals surface area contributed by atoms with Gasteiger partial charge in [-0.25, -0.2) is 9.59 Å². The number of rotatable bonds is 0. The van der Waals surface area contributed by atoms with Crippen molar-refractivity contribution >= 4 is 12.2 Å². The average Bonchev–Trinajstić information content (AvgIpc) is 2.84. The monoisotopic (exact) mass is 316 g/mol. The average molecular weight is 316 g/mol. The molecule has 1 unspecified atom stereocenters. The van der Waals surface area contributed by atoms with Crippen LogP contribution in [0.5, 0.6) is 0 Å². The van der Waals surface area contributed by atoms with Gasteiger partial charge in [0.05, 0.1) is 0 Å². The Morgan fingerprint density at radius 2 is 1.45 bits per heavy atom. The Hall–Kier alpha value is -1.50. The Bertz CT molecular complexity index is 401. The van der Waals surface area contributed by atoms with E-state index >= 15 is 0 Å². The summed E-state index contributed by atoms with van der Waals surface area (Å²) in [5, 5.41) is 27.5. The van der Waals surface area contributed by atoms with Gasteiger partial charge in [-0.2, -0.15) is 0 Å². The number of hydrogen-bond donors (Lipinski definition) is 3. The van der Waals surface area contributed by atoms with E-state index in [2.05, 4.69) is 0 Å². The fraction of sp³-hybridized carbons (Fsp3) is 0.867. The van der Waals surface area contributed by atoms with Gasteiger partial charge in [0.2, 0.25) is 0 Å². The number of aliphatic hydroxyl groups is 1. The second kappa shape index (κ2) is 7.17. The van der Waals surface area contributed by atoms with E-state index in [0.29, 0.717) is 13.0 Å². The first-order valence-corrected chi connectivity index (χ1v) is 7.80. The molecule has 128 valence electrons. The van der Waals surface area contributed by atoms with E-state index in [1.54, 1.807) is 0 Å². The molecule has 2 saturated heterocycles. The van der Waals surface area contributed by atoms with E-state index < -0.39 is 23.3 Å². The number of piperidine rings is 1. The predicted octanol–water partition coefficient (Wildman–Crippen LogP) is 2.65. The van der Waals surface area contributed by atoms with Crippen LogP contribution in [0, 0.1) is 5.41 Å². The highest BCUT2D eigenvalue weighted by Gasteiger charge is 2.50. The largest absolute Gasteiger partial charge is 0.465 e. The van der Waals surface area contributed by atoms with Gasteiger partial charge in [0.15, 0.2) is 0 Å². The molecule has 2 aliphatic heterocycles. The minimum absolute atomic E-state index is 0.429. The second-order valence-electron chi connectivity index (χ2n) is 6.93. The zero-order chi connectivity index (χ0) is 17.0. The SMILES string of the molecule is CC(C)(C)C1(O)CCCN1C(=O)O.O=C(O)N1CCCCC1. The number of likely N-dealkylation sites (tertiary alicyclic amines) is 2. The van der Waals surface area contributed by atoms with Crippen molar-refractivity contribution in [2.45, 2.75) is 58.6 Å². The van der Waals surface area contributed by atoms with E-state index in [0.717, 1.165) is 37.3 Å². The van der Waals surface area contributed by atoms with Crippen molar-refractivity contribution in [2.24, 2.45) is 5.41 Å². The number of carboxylic acid groups (broad SMARTS) is 2. The Kier molecular flexibility index (Phi) is 6.05. The third-order valence-electron chi connectivity index (χ3n) is 4.41. The van der Waals surface area contributed by atoms with Crippen molar-refractivity contribution in [2.75, 3.05) is 19.6 Å². The second-order valence-corrected chi connectivity index (χ2v) is 6.93. The van der Waals surface area contributed by atoms with Crippen LogP contribution in [0.1, 0.15) is 52.9 Å². The van der Waals surface area contributed by atoms with Gasteiger partial charge in [-0.15, -0.1) is 0 Å². The van der Waals surface area contributed by atoms with Gasteiger partial charge < -0.3 is 20.2 Å². The lowest BCUT2D eigenvalue weighted by Crippen LogP contribution is -2.55. The summed E-state index contributed by atoms with van der Waals surface area (Å²) in [6.07, 6.45) is 2.72. The molecule has 2 fully saturated rings. The van der Waals surface area contributed by atoms with Crippen LogP contribution in [-0.4, -0.2) is 62.7 Å². The minimum Gasteiger partial charge on any atom is -0.465 e. The van der Waals surface area contributed by atoms with Crippen molar-refractivity contribution in [3.63, 3.8) is 0 Å². The normalized spacial score (nSPS) is 25.5. The van der Waals surface area contributed by atoms with Crippen LogP contribution in [0.3, 0.4) is 0 Å². The molecule has 0 spiro atoms. The summed E-state index contributed by atoms with van der Waals surface area (Å²) in [4.78, 5) is 23.7. The third kappa shape index (κ3) is 4.25. The highest BCUT2D eigenvalue weighted by Crippen LogP contribution is 2.41. The molecule has 0 aromatic rings. The molecule has 7 heteroatoms. The summed E-state index contributed by atoms with van der Waals surface area (Å²) < 4.78 is 0. The van der Waals surface area contributed by atoms with Crippen LogP contribution in [0.15, 0.2) is 0 Å². The van der Waals surface area contributed by atoms with Crippen LogP contribution < -0.4 is 0 Å². The van der Waals surface area contributed by atoms with Gasteiger partial charge in [-0.05, 0) is 32.1 Å². The fourth-order valence-electron chi connectivity index (χ4n) is 2.92. The molecular weight excluding hydrogens is 288 g/mol. The standard InChI is InChI=1S/C9H17NO3.C6H11NO2/c1-8(2,3)9(13)5-4-6-10(9)7(11)12;8-6(9)7-4-2-1-3-5-7/h13H,4-6H2,1-3H3,(H,11,12);1-5H2,(H,8,9). The van der Waals surface area contributed by atoms with Crippen molar-refractivity contribution in [1.82, 2.24) is 9.80 Å². The maximum atomic E-state index is 10.8. The van der Waals surface area contributed by atoms with Gasteiger partial charge in [0.25, 0.3) is 0 Å². The number of carbonyl (C=O) groups is 2. The zero-order valence-electron chi connectivity index (χ0n) is 13.7. The van der Waals surface area contributed by atoms with Gasteiger partial charge in [0, 0.05) is 25.0 Å². The molecule has 0 radical (unpaired) electrons. The van der Waals surface area contributed by atoms with Crippen LogP contribution in [-0.2, 0) is 0 Å². The summed E-state index contributed by atoms with van der Waals surface area (Å²) in [5.41, 5.74) is -1.62. The van der Waals surface area contributed by atoms with Crippen LogP contribution in [0.25, 0.3) is 0 Å². The molecule has 2 heterocycles. The molecule has 0 aliphatic carbocycles. The highest BCUT2D eigenvalue weighted by atomic mass is 16.4. The molecular formula is C15H28N2O5. The number of nitrogens with zero attached hydrogens (tertiary/aromatic N) is 2. The lowest BCUT2D eigenvalue weighted by molar-refractivity contribution is -0.140. The predicted molar refractivity (Wildman–Crippen MR) is 81.8 cm³/mol. The first-order chi connectivity index (χ1) is 10.1. The molecule has 2 rings (SSSR count). The summed E-state index contributed by atoms with van der Waals surface area (Å²) in [6, 6.07) is 0. The lowest BCUT2D eigenvalue weighted by atomic mass is 9.81. The molecule has 1 atom stereocenters. The first kappa shape index (κ1) is 18.5. The molecule has 0 saturated carbocycles. The summed E-state index contributed by atoms with van der Waals surface area (Å²) in [6.45, 7) is 7.46. The van der Waals surface area contributed by atoms with Gasteiger partial charge >= 0.3 is 12.2 Å². The Morgan fingerprint density at radius 3 is 1.77 bits per heavy atom. The maximum Gasteiger partial charge on any atom is 0.409 e. The molecule has 7 nitrogen and oxygen atoms in total. The highest BCUT2D eigenvalue weighted by molar-refractivity contribution is 5.66. The van der Waals surface area contributed by atoms with Gasteiger partial charge in [-0.3, -0.25) is 4.90 Å². The molecule has 2 aliphatic rings. The van der Waals surface area contributed by atoms with Crippen LogP contribution >= 0.6 is 0 Å². The van der Waals surface area contributed by atoms with Crippen molar-refractivity contribution < 1.29 is 24.9 Å². The summed E-state index contributed by atoms with van der Waals surface area (Å²) >= 11 is 0. The van der Waals surface area contributed by atoms with E-state index in [-0.39, 0.29) is 0 Å². The maximum absolute atomic E-state index is 10.8. The Labute approximate surface area is 131 Å². The van der Waals surface area contributed by atoms with Crippen LogP contribution in [0.4, 0.5) is 9.59 Å². The lowest BCUT2D eigenvalue weighted by Gasteiger charge is -2.42. The summed E-state index contributed by atoms with van der Waals surface area (Å²) in [7, 11) is 0. The Morgan fingerprint density at radius 1 is 0.909 bits per heavy atom. The van der Waals surface area contributed by atoms with Crippen molar-refractivity contribution in [1.29, 1.82) is 0 Å². The molecule has 2 amide bonds. The molecule has 0 aromatic carbocycles. The minimum atomic E-state index is -1.20. The molecule has 3 N–H and O–H groups in total. The van der Waals surface area contributed by atoms with E-state index in [1.165, 1.54) is 11.3 Å². The van der Waals surface area contributed by atoms with Gasteiger partial charge in [-0.1, -0.05) is 20.8 Å². The molecule has 0 aromatic heterocycles. The fourth-order valence-corrected chi connectivity index (χ4v) is 2.92. The van der Waals surface area contributed by atoms with Crippen molar-refractivity contribution in [3.05, 3.63) is 0 Å². The first-order valence-electron chi connectivity index (χ1n) is 7.80. The molecule has 0 bridgehead atoms. The van der Waals surface area contributed by atoms with E-state index in [9.17, 15) is 14.7 Å². The topological polar surface area (TPSA) is 101 Å². The van der Waals surface area contributed by atoms with Crippen LogP contribution in [0.2, 0.25) is 0 Å². The zero-order valence-corrected chi connectivity index (χ0v) is 13.7.